The lowest BCUT2D eigenvalue weighted by Gasteiger charge is -2.24. The first-order valence-corrected chi connectivity index (χ1v) is 13.8. The average molecular weight is 541 g/mol. The molecule has 39 heavy (non-hydrogen) atoms. The molecule has 4 rings (SSSR count). The van der Waals surface area contributed by atoms with Crippen molar-refractivity contribution < 1.29 is 33.3 Å². The number of ether oxygens (including phenoxy) is 5. The lowest BCUT2D eigenvalue weighted by atomic mass is 10.1. The lowest BCUT2D eigenvalue weighted by Crippen LogP contribution is -2.34. The van der Waals surface area contributed by atoms with Crippen molar-refractivity contribution in [2.45, 2.75) is 38.2 Å². The van der Waals surface area contributed by atoms with Crippen molar-refractivity contribution >= 4 is 11.9 Å². The number of hydrogen-bond donors (Lipinski definition) is 0. The fraction of sp³-hybridized carbons (Fsp3) is 0.533. The molecular formula is C30H40N2O7. The van der Waals surface area contributed by atoms with E-state index < -0.39 is 5.97 Å². The van der Waals surface area contributed by atoms with Gasteiger partial charge in [-0.05, 0) is 69.5 Å². The molecule has 1 fully saturated rings. The Morgan fingerprint density at radius 1 is 0.821 bits per heavy atom. The number of nitrogens with zero attached hydrogens (tertiary/aromatic N) is 2. The smallest absolute Gasteiger partial charge is 0.338 e. The van der Waals surface area contributed by atoms with Crippen LogP contribution in [0.25, 0.3) is 0 Å². The highest BCUT2D eigenvalue weighted by molar-refractivity contribution is 5.91. The molecule has 4 bridgehead atoms. The van der Waals surface area contributed by atoms with Crippen LogP contribution in [0, 0.1) is 0 Å². The third-order valence-corrected chi connectivity index (χ3v) is 7.19. The average Bonchev–Trinajstić information content (AvgIpc) is 3.20. The van der Waals surface area contributed by atoms with E-state index in [-0.39, 0.29) is 12.1 Å². The number of hydrogen-bond acceptors (Lipinski definition) is 9. The minimum Gasteiger partial charge on any atom is -0.493 e. The van der Waals surface area contributed by atoms with Gasteiger partial charge >= 0.3 is 11.9 Å². The largest absolute Gasteiger partial charge is 0.493 e. The summed E-state index contributed by atoms with van der Waals surface area (Å²) in [5.74, 6) is 0.496. The molecule has 2 aliphatic heterocycles. The van der Waals surface area contributed by atoms with Gasteiger partial charge < -0.3 is 33.5 Å². The van der Waals surface area contributed by atoms with Crippen LogP contribution in [-0.2, 0) is 9.47 Å². The van der Waals surface area contributed by atoms with Gasteiger partial charge in [0.1, 0.15) is 6.10 Å². The summed E-state index contributed by atoms with van der Waals surface area (Å²) in [5.41, 5.74) is 0.899. The van der Waals surface area contributed by atoms with Crippen molar-refractivity contribution in [3.8, 4) is 17.2 Å². The van der Waals surface area contributed by atoms with E-state index in [9.17, 15) is 9.59 Å². The number of methoxy groups -OCH3 is 2. The van der Waals surface area contributed by atoms with E-state index in [1.54, 1.807) is 24.3 Å². The molecule has 212 valence electrons. The Hall–Kier alpha value is -3.30. The maximum atomic E-state index is 12.8. The number of carbonyl (C=O) groups is 2. The van der Waals surface area contributed by atoms with E-state index in [1.807, 2.05) is 18.2 Å². The predicted octanol–water partition coefficient (Wildman–Crippen LogP) is 4.05. The molecule has 0 saturated carbocycles. The summed E-state index contributed by atoms with van der Waals surface area (Å²) >= 11 is 0. The number of cyclic esters (lactones) is 1. The summed E-state index contributed by atoms with van der Waals surface area (Å²) < 4.78 is 28.6. The fourth-order valence-electron chi connectivity index (χ4n) is 5.04. The maximum Gasteiger partial charge on any atom is 0.338 e. The highest BCUT2D eigenvalue weighted by atomic mass is 16.5. The van der Waals surface area contributed by atoms with E-state index >= 15 is 0 Å². The summed E-state index contributed by atoms with van der Waals surface area (Å²) in [7, 11) is 3.05. The van der Waals surface area contributed by atoms with Crippen molar-refractivity contribution in [1.82, 2.24) is 9.80 Å². The van der Waals surface area contributed by atoms with E-state index in [1.165, 1.54) is 14.2 Å². The first kappa shape index (κ1) is 28.7. The summed E-state index contributed by atoms with van der Waals surface area (Å²) in [6, 6.07) is 12.3. The van der Waals surface area contributed by atoms with Crippen molar-refractivity contribution in [3.63, 3.8) is 0 Å². The van der Waals surface area contributed by atoms with Gasteiger partial charge in [-0.25, -0.2) is 9.59 Å². The Bertz CT molecular complexity index is 1080. The molecule has 1 saturated heterocycles. The van der Waals surface area contributed by atoms with Crippen molar-refractivity contribution in [1.29, 1.82) is 0 Å². The van der Waals surface area contributed by atoms with Crippen LogP contribution in [-0.4, -0.2) is 94.5 Å². The van der Waals surface area contributed by atoms with Crippen LogP contribution in [0.15, 0.2) is 42.5 Å². The summed E-state index contributed by atoms with van der Waals surface area (Å²) in [4.78, 5) is 30.5. The van der Waals surface area contributed by atoms with Crippen LogP contribution in [0.3, 0.4) is 0 Å². The lowest BCUT2D eigenvalue weighted by molar-refractivity contribution is 0.0221. The van der Waals surface area contributed by atoms with Gasteiger partial charge in [0.05, 0.1) is 38.6 Å². The van der Waals surface area contributed by atoms with Crippen molar-refractivity contribution in [2.75, 3.05) is 66.7 Å². The molecule has 2 aromatic carbocycles. The van der Waals surface area contributed by atoms with E-state index in [0.717, 1.165) is 58.5 Å². The van der Waals surface area contributed by atoms with Crippen LogP contribution in [0.5, 0.6) is 17.2 Å². The molecule has 2 heterocycles. The number of carbonyl (C=O) groups excluding carboxylic acids is 2. The number of esters is 2. The Balaban J connectivity index is 1.50. The van der Waals surface area contributed by atoms with Gasteiger partial charge in [-0.15, -0.1) is 0 Å². The molecular weight excluding hydrogens is 500 g/mol. The van der Waals surface area contributed by atoms with Gasteiger partial charge in [-0.2, -0.15) is 0 Å². The SMILES string of the molecule is COc1cc2cc(c1OC)OCCC[C@@H](OC(=O)c1ccccc1)CCN1CCCN(CCCOC2=O)CC1. The number of benzene rings is 2. The van der Waals surface area contributed by atoms with Gasteiger partial charge in [0.15, 0.2) is 11.5 Å². The Labute approximate surface area is 230 Å². The monoisotopic (exact) mass is 540 g/mol. The second-order valence-electron chi connectivity index (χ2n) is 9.91. The van der Waals surface area contributed by atoms with E-state index in [4.69, 9.17) is 23.7 Å². The molecule has 2 aromatic rings. The molecule has 0 amide bonds. The quantitative estimate of drug-likeness (QED) is 0.533. The molecule has 0 N–H and O–H groups in total. The van der Waals surface area contributed by atoms with E-state index in [2.05, 4.69) is 9.80 Å². The van der Waals surface area contributed by atoms with Gasteiger partial charge in [0.25, 0.3) is 0 Å². The van der Waals surface area contributed by atoms with Crippen LogP contribution in [0.4, 0.5) is 0 Å². The highest BCUT2D eigenvalue weighted by Crippen LogP contribution is 2.38. The minimum absolute atomic E-state index is 0.236. The van der Waals surface area contributed by atoms with Crippen molar-refractivity contribution in [3.05, 3.63) is 53.6 Å². The number of rotatable bonds is 4. The molecule has 3 atom stereocenters. The Morgan fingerprint density at radius 2 is 1.54 bits per heavy atom. The normalized spacial score (nSPS) is 23.1. The topological polar surface area (TPSA) is 86.8 Å². The van der Waals surface area contributed by atoms with Crippen LogP contribution in [0.2, 0.25) is 0 Å². The molecule has 0 aromatic heterocycles. The highest BCUT2D eigenvalue weighted by Gasteiger charge is 2.22. The Morgan fingerprint density at radius 3 is 2.28 bits per heavy atom. The summed E-state index contributed by atoms with van der Waals surface area (Å²) in [6.45, 7) is 6.42. The van der Waals surface area contributed by atoms with Crippen molar-refractivity contribution in [2.24, 2.45) is 0 Å². The summed E-state index contributed by atoms with van der Waals surface area (Å²) in [6.07, 6.45) is 3.67. The maximum absolute atomic E-state index is 12.8. The fourth-order valence-corrected chi connectivity index (χ4v) is 5.04. The third kappa shape index (κ3) is 8.34. The van der Waals surface area contributed by atoms with E-state index in [0.29, 0.717) is 54.4 Å². The van der Waals surface area contributed by atoms with Crippen LogP contribution < -0.4 is 14.2 Å². The molecule has 9 heteroatoms. The van der Waals surface area contributed by atoms with Crippen LogP contribution >= 0.6 is 0 Å². The first-order chi connectivity index (χ1) is 19.1. The van der Waals surface area contributed by atoms with Crippen LogP contribution in [0.1, 0.15) is 52.8 Å². The zero-order valence-corrected chi connectivity index (χ0v) is 23.1. The second-order valence-corrected chi connectivity index (χ2v) is 9.91. The summed E-state index contributed by atoms with van der Waals surface area (Å²) in [5, 5.41) is 0. The molecule has 0 radical (unpaired) electrons. The van der Waals surface area contributed by atoms with Gasteiger partial charge in [-0.3, -0.25) is 0 Å². The number of fused-ring (bicyclic) bond motifs is 5. The molecule has 0 aliphatic carbocycles. The van der Waals surface area contributed by atoms with Gasteiger partial charge in [0.2, 0.25) is 5.75 Å². The van der Waals surface area contributed by atoms with Gasteiger partial charge in [-0.1, -0.05) is 18.2 Å². The standard InChI is InChI=1S/C30H40N2O7/c1-35-26-21-24-22-27(28(26)36-2)37-19-6-11-25(39-30(34)23-9-4-3-5-10-23)12-16-32-14-7-13-31(17-18-32)15-8-20-38-29(24)33/h3-5,9-10,21-22,25H,6-8,11-20H2,1-2H3/t25-/m1/s1. The minimum atomic E-state index is -0.423. The Kier molecular flexibility index (Phi) is 10.9. The molecule has 2 unspecified atom stereocenters. The molecule has 2 aliphatic rings. The first-order valence-electron chi connectivity index (χ1n) is 13.8. The second kappa shape index (κ2) is 14.7. The molecule has 0 spiro atoms. The van der Waals surface area contributed by atoms with Gasteiger partial charge in [0, 0.05) is 26.2 Å². The third-order valence-electron chi connectivity index (χ3n) is 7.19. The predicted molar refractivity (Wildman–Crippen MR) is 147 cm³/mol. The zero-order chi connectivity index (χ0) is 27.5. The molecule has 9 nitrogen and oxygen atoms in total. The zero-order valence-electron chi connectivity index (χ0n) is 23.1.